The second kappa shape index (κ2) is 17.9. The molecule has 2 aliphatic rings. The molecule has 1 saturated carbocycles. The number of aromatic nitrogens is 1. The highest BCUT2D eigenvalue weighted by molar-refractivity contribution is 6.37. The molecule has 3 aromatic rings. The highest BCUT2D eigenvalue weighted by Crippen LogP contribution is 2.41. The Morgan fingerprint density at radius 3 is 2.38 bits per heavy atom. The van der Waals surface area contributed by atoms with Gasteiger partial charge in [-0.05, 0) is 98.2 Å². The predicted octanol–water partition coefficient (Wildman–Crippen LogP) is 5.79. The normalized spacial score (nSPS) is 19.0. The summed E-state index contributed by atoms with van der Waals surface area (Å²) in [4.78, 5) is 30.1. The molecule has 2 aromatic carbocycles. The molecule has 12 heteroatoms. The van der Waals surface area contributed by atoms with Crippen molar-refractivity contribution in [2.24, 2.45) is 5.92 Å². The van der Waals surface area contributed by atoms with Crippen LogP contribution in [0, 0.1) is 12.8 Å². The van der Waals surface area contributed by atoms with E-state index in [0.29, 0.717) is 73.8 Å². The standard InChI is InChI=1S/C38H49Cl2N3O7/c1-26-18-33(39)36(34(40)19-26)50-15-13-42-12-9-29(23-35(42)44)38(48-4)10-11-41-24-32(38)37(45)43(30-7-8-30)25-28-20-27(6-5-14-46-2)21-31(22-28)49-17-16-47-3/h9,12,18-23,30,32,41H,5-8,10-11,13-17,24-25H2,1-4H3/t32?,38-/m0/s1. The Bertz CT molecular complexity index is 1610. The molecule has 1 amide bonds. The first-order valence-corrected chi connectivity index (χ1v) is 18.0. The van der Waals surface area contributed by atoms with E-state index in [1.165, 1.54) is 0 Å². The Balaban J connectivity index is 1.35. The van der Waals surface area contributed by atoms with Crippen LogP contribution < -0.4 is 20.3 Å². The van der Waals surface area contributed by atoms with Crippen LogP contribution in [0.25, 0.3) is 0 Å². The number of methoxy groups -OCH3 is 3. The van der Waals surface area contributed by atoms with Crippen LogP contribution in [0.1, 0.15) is 47.9 Å². The molecule has 1 saturated heterocycles. The smallest absolute Gasteiger partial charge is 0.251 e. The first kappa shape index (κ1) is 38.1. The van der Waals surface area contributed by atoms with Gasteiger partial charge in [0.1, 0.15) is 24.6 Å². The van der Waals surface area contributed by atoms with Crippen LogP contribution in [0.3, 0.4) is 0 Å². The fourth-order valence-electron chi connectivity index (χ4n) is 6.76. The van der Waals surface area contributed by atoms with Crippen molar-refractivity contribution >= 4 is 29.1 Å². The van der Waals surface area contributed by atoms with Crippen molar-refractivity contribution in [3.05, 3.63) is 91.3 Å². The van der Waals surface area contributed by atoms with E-state index < -0.39 is 11.5 Å². The number of rotatable bonds is 18. The maximum atomic E-state index is 14.6. The van der Waals surface area contributed by atoms with Crippen LogP contribution in [0.15, 0.2) is 53.5 Å². The molecule has 50 heavy (non-hydrogen) atoms. The van der Waals surface area contributed by atoms with E-state index in [-0.39, 0.29) is 24.1 Å². The van der Waals surface area contributed by atoms with Gasteiger partial charge in [-0.3, -0.25) is 9.59 Å². The number of hydrogen-bond donors (Lipinski definition) is 1. The van der Waals surface area contributed by atoms with Crippen LogP contribution >= 0.6 is 23.2 Å². The number of benzene rings is 2. The number of hydrogen-bond acceptors (Lipinski definition) is 8. The van der Waals surface area contributed by atoms with Gasteiger partial charge in [0.05, 0.1) is 29.1 Å². The zero-order valence-corrected chi connectivity index (χ0v) is 31.0. The Hall–Kier alpha value is -3.12. The highest BCUT2D eigenvalue weighted by atomic mass is 35.5. The van der Waals surface area contributed by atoms with Crippen LogP contribution in [-0.2, 0) is 44.1 Å². The molecule has 0 radical (unpaired) electrons. The van der Waals surface area contributed by atoms with E-state index >= 15 is 0 Å². The number of carbonyl (C=O) groups excluding carboxylic acids is 1. The van der Waals surface area contributed by atoms with Gasteiger partial charge in [0.2, 0.25) is 5.91 Å². The molecule has 1 aliphatic heterocycles. The van der Waals surface area contributed by atoms with Gasteiger partial charge in [-0.15, -0.1) is 0 Å². The lowest BCUT2D eigenvalue weighted by molar-refractivity contribution is -0.155. The van der Waals surface area contributed by atoms with Gasteiger partial charge in [0.25, 0.3) is 5.56 Å². The Kier molecular flexibility index (Phi) is 13.6. The topological polar surface area (TPSA) is 100 Å². The van der Waals surface area contributed by atoms with Gasteiger partial charge in [-0.2, -0.15) is 0 Å². The minimum Gasteiger partial charge on any atom is -0.491 e. The number of pyridine rings is 1. The van der Waals surface area contributed by atoms with Crippen molar-refractivity contribution < 1.29 is 28.5 Å². The summed E-state index contributed by atoms with van der Waals surface area (Å²) < 4.78 is 30.2. The van der Waals surface area contributed by atoms with Crippen molar-refractivity contribution in [1.82, 2.24) is 14.8 Å². The van der Waals surface area contributed by atoms with Crippen molar-refractivity contribution in [1.29, 1.82) is 0 Å². The molecular formula is C38H49Cl2N3O7. The number of ether oxygens (including phenoxy) is 5. The lowest BCUT2D eigenvalue weighted by Gasteiger charge is -2.44. The molecule has 1 aliphatic carbocycles. The summed E-state index contributed by atoms with van der Waals surface area (Å²) in [6, 6.07) is 13.4. The number of carbonyl (C=O) groups is 1. The third kappa shape index (κ3) is 9.40. The molecule has 0 bridgehead atoms. The SMILES string of the molecule is COCCCc1cc(CN(C(=O)C2CNCC[C@]2(OC)c2ccn(CCOc3c(Cl)cc(C)cc3Cl)c(=O)c2)C2CC2)cc(OCCOC)c1. The summed E-state index contributed by atoms with van der Waals surface area (Å²) in [5.74, 6) is 0.633. The summed E-state index contributed by atoms with van der Waals surface area (Å²) in [5, 5.41) is 4.26. The predicted molar refractivity (Wildman–Crippen MR) is 195 cm³/mol. The number of nitrogens with zero attached hydrogens (tertiary/aromatic N) is 2. The van der Waals surface area contributed by atoms with Gasteiger partial charge in [0, 0.05) is 59.3 Å². The summed E-state index contributed by atoms with van der Waals surface area (Å²) in [5.41, 5.74) is 2.59. The molecule has 1 unspecified atom stereocenters. The lowest BCUT2D eigenvalue weighted by Crippen LogP contribution is -2.56. The third-order valence-electron chi connectivity index (χ3n) is 9.47. The van der Waals surface area contributed by atoms with Crippen molar-refractivity contribution in [2.45, 2.75) is 63.8 Å². The number of amides is 1. The second-order valence-electron chi connectivity index (χ2n) is 13.1. The summed E-state index contributed by atoms with van der Waals surface area (Å²) in [6.45, 7) is 5.53. The molecule has 272 valence electrons. The molecule has 5 rings (SSSR count). The molecule has 0 spiro atoms. The molecule has 2 heterocycles. The highest BCUT2D eigenvalue weighted by Gasteiger charge is 2.50. The number of nitrogens with one attached hydrogen (secondary N) is 1. The van der Waals surface area contributed by atoms with Crippen LogP contribution in [0.2, 0.25) is 10.0 Å². The Morgan fingerprint density at radius 2 is 1.70 bits per heavy atom. The van der Waals surface area contributed by atoms with Crippen molar-refractivity contribution in [2.75, 3.05) is 60.8 Å². The fraction of sp³-hybridized carbons (Fsp3) is 0.526. The number of aryl methyl sites for hydroxylation is 2. The zero-order valence-electron chi connectivity index (χ0n) is 29.5. The molecule has 1 N–H and O–H groups in total. The van der Waals surface area contributed by atoms with Gasteiger partial charge < -0.3 is 38.5 Å². The maximum Gasteiger partial charge on any atom is 0.251 e. The average Bonchev–Trinajstić information content (AvgIpc) is 3.94. The molecule has 10 nitrogen and oxygen atoms in total. The minimum absolute atomic E-state index is 0.0117. The zero-order chi connectivity index (χ0) is 35.7. The van der Waals surface area contributed by atoms with Crippen molar-refractivity contribution in [3.8, 4) is 11.5 Å². The first-order valence-electron chi connectivity index (χ1n) is 17.3. The average molecular weight is 731 g/mol. The van der Waals surface area contributed by atoms with Gasteiger partial charge >= 0.3 is 0 Å². The van der Waals surface area contributed by atoms with Gasteiger partial charge in [-0.25, -0.2) is 0 Å². The van der Waals surface area contributed by atoms with E-state index in [4.69, 9.17) is 46.9 Å². The fourth-order valence-corrected chi connectivity index (χ4v) is 7.47. The quantitative estimate of drug-likeness (QED) is 0.164. The molecule has 2 atom stereocenters. The van der Waals surface area contributed by atoms with Crippen LogP contribution in [0.5, 0.6) is 11.5 Å². The van der Waals surface area contributed by atoms with Crippen LogP contribution in [0.4, 0.5) is 0 Å². The summed E-state index contributed by atoms with van der Waals surface area (Å²) >= 11 is 12.7. The maximum absolute atomic E-state index is 14.6. The van der Waals surface area contributed by atoms with E-state index in [9.17, 15) is 9.59 Å². The van der Waals surface area contributed by atoms with E-state index in [1.54, 1.807) is 50.3 Å². The van der Waals surface area contributed by atoms with E-state index in [1.807, 2.05) is 24.0 Å². The summed E-state index contributed by atoms with van der Waals surface area (Å²) in [7, 11) is 4.99. The first-order chi connectivity index (χ1) is 24.2. The monoisotopic (exact) mass is 729 g/mol. The van der Waals surface area contributed by atoms with E-state index in [0.717, 1.165) is 48.1 Å². The lowest BCUT2D eigenvalue weighted by atomic mass is 9.75. The van der Waals surface area contributed by atoms with Gasteiger partial charge in [0.15, 0.2) is 5.75 Å². The number of piperidine rings is 1. The molecule has 2 fully saturated rings. The third-order valence-corrected chi connectivity index (χ3v) is 10.0. The van der Waals surface area contributed by atoms with Crippen molar-refractivity contribution in [3.63, 3.8) is 0 Å². The minimum atomic E-state index is -0.969. The van der Waals surface area contributed by atoms with E-state index in [2.05, 4.69) is 17.4 Å². The van der Waals surface area contributed by atoms with Gasteiger partial charge in [-0.1, -0.05) is 29.3 Å². The molecular weight excluding hydrogens is 681 g/mol. The number of halogens is 2. The largest absolute Gasteiger partial charge is 0.491 e. The second-order valence-corrected chi connectivity index (χ2v) is 13.9. The summed E-state index contributed by atoms with van der Waals surface area (Å²) in [6.07, 6.45) is 5.91. The Morgan fingerprint density at radius 1 is 0.960 bits per heavy atom. The van der Waals surface area contributed by atoms with Crippen LogP contribution in [-0.4, -0.2) is 82.3 Å². The molecule has 1 aromatic heterocycles. The Labute approximate surface area is 304 Å².